The first-order chi connectivity index (χ1) is 8.93. The zero-order valence-corrected chi connectivity index (χ0v) is 12.6. The van der Waals surface area contributed by atoms with Gasteiger partial charge in [-0.25, -0.2) is 0 Å². The molecule has 0 radical (unpaired) electrons. The van der Waals surface area contributed by atoms with Gasteiger partial charge in [-0.1, -0.05) is 5.16 Å². The van der Waals surface area contributed by atoms with Crippen LogP contribution in [0.1, 0.15) is 19.4 Å². The maximum atomic E-state index is 8.69. The van der Waals surface area contributed by atoms with Crippen LogP contribution in [0.4, 0.5) is 5.69 Å². The van der Waals surface area contributed by atoms with Crippen LogP contribution in [0.3, 0.4) is 0 Å². The average Bonchev–Trinajstić information content (AvgIpc) is 2.36. The van der Waals surface area contributed by atoms with Crippen molar-refractivity contribution in [3.63, 3.8) is 0 Å². The molecule has 2 rings (SSSR count). The van der Waals surface area contributed by atoms with E-state index in [1.165, 1.54) is 0 Å². The van der Waals surface area contributed by atoms with E-state index in [9.17, 15) is 0 Å². The molecule has 1 heterocycles. The van der Waals surface area contributed by atoms with Gasteiger partial charge in [-0.15, -0.1) is 0 Å². The number of amidine groups is 1. The molecule has 6 heteroatoms. The Labute approximate surface area is 121 Å². The molecule has 104 valence electrons. The van der Waals surface area contributed by atoms with Gasteiger partial charge in [0.05, 0.1) is 17.9 Å². The molecule has 1 aromatic rings. The van der Waals surface area contributed by atoms with Gasteiger partial charge in [0, 0.05) is 23.1 Å². The summed E-state index contributed by atoms with van der Waals surface area (Å²) in [7, 11) is 0. The Morgan fingerprint density at radius 1 is 1.53 bits per heavy atom. The number of benzene rings is 1. The number of hydrogen-bond acceptors (Lipinski definition) is 4. The summed E-state index contributed by atoms with van der Waals surface area (Å²) in [4.78, 5) is 2.27. The van der Waals surface area contributed by atoms with Gasteiger partial charge in [-0.2, -0.15) is 0 Å². The van der Waals surface area contributed by atoms with Crippen molar-refractivity contribution >= 4 is 27.5 Å². The third-order valence-electron chi connectivity index (χ3n) is 3.12. The molecule has 1 fully saturated rings. The normalized spacial score (nSPS) is 19.5. The number of ether oxygens (including phenoxy) is 1. The van der Waals surface area contributed by atoms with Crippen molar-refractivity contribution in [1.82, 2.24) is 0 Å². The molecule has 1 aliphatic heterocycles. The second-order valence-electron chi connectivity index (χ2n) is 5.18. The van der Waals surface area contributed by atoms with Crippen molar-refractivity contribution in [2.45, 2.75) is 19.4 Å². The summed E-state index contributed by atoms with van der Waals surface area (Å²) in [6, 6.07) is 5.67. The topological polar surface area (TPSA) is 71.1 Å². The Balaban J connectivity index is 2.26. The zero-order valence-electron chi connectivity index (χ0n) is 11.1. The van der Waals surface area contributed by atoms with Crippen molar-refractivity contribution in [2.75, 3.05) is 24.6 Å². The maximum Gasteiger partial charge on any atom is 0.170 e. The molecule has 19 heavy (non-hydrogen) atoms. The lowest BCUT2D eigenvalue weighted by Gasteiger charge is -2.39. The van der Waals surface area contributed by atoms with Crippen LogP contribution < -0.4 is 10.6 Å². The van der Waals surface area contributed by atoms with E-state index in [2.05, 4.69) is 39.8 Å². The molecular formula is C13H18BrN3O2. The monoisotopic (exact) mass is 327 g/mol. The Bertz CT molecular complexity index is 503. The second-order valence-corrected chi connectivity index (χ2v) is 6.04. The number of anilines is 1. The Morgan fingerprint density at radius 2 is 2.26 bits per heavy atom. The summed E-state index contributed by atoms with van der Waals surface area (Å²) in [6.45, 7) is 6.55. The summed E-state index contributed by atoms with van der Waals surface area (Å²) in [6.07, 6.45) is 0. The van der Waals surface area contributed by atoms with Crippen molar-refractivity contribution in [3.05, 3.63) is 28.2 Å². The van der Waals surface area contributed by atoms with Crippen LogP contribution in [0.25, 0.3) is 0 Å². The summed E-state index contributed by atoms with van der Waals surface area (Å²) >= 11 is 3.54. The molecule has 0 aromatic heterocycles. The van der Waals surface area contributed by atoms with Gasteiger partial charge in [0.2, 0.25) is 0 Å². The van der Waals surface area contributed by atoms with Crippen LogP contribution in [0.15, 0.2) is 27.8 Å². The molecular weight excluding hydrogens is 310 g/mol. The maximum absolute atomic E-state index is 8.69. The number of oxime groups is 1. The van der Waals surface area contributed by atoms with Gasteiger partial charge in [-0.05, 0) is 48.0 Å². The minimum absolute atomic E-state index is 0.106. The first-order valence-corrected chi connectivity index (χ1v) is 6.88. The van der Waals surface area contributed by atoms with Crippen LogP contribution in [0, 0.1) is 0 Å². The average molecular weight is 328 g/mol. The standard InChI is InChI=1S/C13H18BrN3O2/c1-13(2)8-17(5-6-19-13)11-4-3-9(7-10(11)14)12(15)16-18/h3-4,7,18H,5-6,8H2,1-2H3,(H2,15,16). The van der Waals surface area contributed by atoms with Gasteiger partial charge in [0.1, 0.15) is 0 Å². The van der Waals surface area contributed by atoms with E-state index >= 15 is 0 Å². The molecule has 0 bridgehead atoms. The van der Waals surface area contributed by atoms with E-state index in [-0.39, 0.29) is 11.4 Å². The van der Waals surface area contributed by atoms with Crippen molar-refractivity contribution < 1.29 is 9.94 Å². The number of rotatable bonds is 2. The van der Waals surface area contributed by atoms with Gasteiger partial charge < -0.3 is 20.6 Å². The lowest BCUT2D eigenvalue weighted by atomic mass is 10.1. The number of nitrogens with two attached hydrogens (primary N) is 1. The van der Waals surface area contributed by atoms with E-state index in [0.717, 1.165) is 23.2 Å². The Hall–Kier alpha value is -1.27. The number of nitrogens with zero attached hydrogens (tertiary/aromatic N) is 2. The highest BCUT2D eigenvalue weighted by molar-refractivity contribution is 9.10. The highest BCUT2D eigenvalue weighted by atomic mass is 79.9. The molecule has 3 N–H and O–H groups in total. The third kappa shape index (κ3) is 3.19. The fourth-order valence-corrected chi connectivity index (χ4v) is 2.83. The molecule has 1 saturated heterocycles. The van der Waals surface area contributed by atoms with Crippen molar-refractivity contribution in [2.24, 2.45) is 10.9 Å². The van der Waals surface area contributed by atoms with Gasteiger partial charge in [0.15, 0.2) is 5.84 Å². The quantitative estimate of drug-likeness (QED) is 0.378. The summed E-state index contributed by atoms with van der Waals surface area (Å²) in [5, 5.41) is 11.7. The molecule has 0 unspecified atom stereocenters. The minimum atomic E-state index is -0.151. The summed E-state index contributed by atoms with van der Waals surface area (Å²) in [5.74, 6) is 0.106. The SMILES string of the molecule is CC1(C)CN(c2ccc(/C(N)=N/O)cc2Br)CCO1. The lowest BCUT2D eigenvalue weighted by Crippen LogP contribution is -2.48. The third-order valence-corrected chi connectivity index (χ3v) is 3.75. The zero-order chi connectivity index (χ0) is 14.0. The van der Waals surface area contributed by atoms with Crippen LogP contribution in [-0.2, 0) is 4.74 Å². The fourth-order valence-electron chi connectivity index (χ4n) is 2.20. The van der Waals surface area contributed by atoms with Crippen LogP contribution in [-0.4, -0.2) is 36.3 Å². The van der Waals surface area contributed by atoms with E-state index in [1.807, 2.05) is 18.2 Å². The van der Waals surface area contributed by atoms with E-state index in [1.54, 1.807) is 0 Å². The number of morpholine rings is 1. The lowest BCUT2D eigenvalue weighted by molar-refractivity contribution is -0.0277. The van der Waals surface area contributed by atoms with E-state index in [4.69, 9.17) is 15.7 Å². The van der Waals surface area contributed by atoms with Crippen LogP contribution >= 0.6 is 15.9 Å². The van der Waals surface area contributed by atoms with Crippen molar-refractivity contribution in [1.29, 1.82) is 0 Å². The Kier molecular flexibility index (Phi) is 4.01. The Morgan fingerprint density at radius 3 is 2.84 bits per heavy atom. The number of hydrogen-bond donors (Lipinski definition) is 2. The first-order valence-electron chi connectivity index (χ1n) is 6.09. The molecule has 0 atom stereocenters. The number of halogens is 1. The fraction of sp³-hybridized carbons (Fsp3) is 0.462. The van der Waals surface area contributed by atoms with Gasteiger partial charge >= 0.3 is 0 Å². The van der Waals surface area contributed by atoms with E-state index < -0.39 is 0 Å². The largest absolute Gasteiger partial charge is 0.409 e. The highest BCUT2D eigenvalue weighted by Crippen LogP contribution is 2.30. The van der Waals surface area contributed by atoms with Crippen molar-refractivity contribution in [3.8, 4) is 0 Å². The van der Waals surface area contributed by atoms with Gasteiger partial charge in [-0.3, -0.25) is 0 Å². The molecule has 5 nitrogen and oxygen atoms in total. The predicted octanol–water partition coefficient (Wildman–Crippen LogP) is 2.16. The molecule has 1 aliphatic rings. The first kappa shape index (κ1) is 14.1. The molecule has 1 aromatic carbocycles. The molecule has 0 spiro atoms. The van der Waals surface area contributed by atoms with E-state index in [0.29, 0.717) is 12.2 Å². The van der Waals surface area contributed by atoms with Crippen LogP contribution in [0.2, 0.25) is 0 Å². The highest BCUT2D eigenvalue weighted by Gasteiger charge is 2.28. The minimum Gasteiger partial charge on any atom is -0.409 e. The molecule has 0 amide bonds. The second kappa shape index (κ2) is 5.38. The van der Waals surface area contributed by atoms with Crippen LogP contribution in [0.5, 0.6) is 0 Å². The predicted molar refractivity (Wildman–Crippen MR) is 78.9 cm³/mol. The summed E-state index contributed by atoms with van der Waals surface area (Å²) < 4.78 is 6.63. The smallest absolute Gasteiger partial charge is 0.170 e. The summed E-state index contributed by atoms with van der Waals surface area (Å²) in [5.41, 5.74) is 7.20. The van der Waals surface area contributed by atoms with Gasteiger partial charge in [0.25, 0.3) is 0 Å². The molecule has 0 aliphatic carbocycles. The molecule has 0 saturated carbocycles.